The van der Waals surface area contributed by atoms with Crippen LogP contribution in [0.25, 0.3) is 0 Å². The maximum absolute atomic E-state index is 13.7. The first-order valence-corrected chi connectivity index (χ1v) is 11.1. The normalized spacial score (nSPS) is 13.7. The van der Waals surface area contributed by atoms with Crippen molar-refractivity contribution in [3.63, 3.8) is 0 Å². The third kappa shape index (κ3) is 4.91. The van der Waals surface area contributed by atoms with E-state index in [0.29, 0.717) is 40.2 Å². The molecule has 0 radical (unpaired) electrons. The molecular weight excluding hydrogens is 510 g/mol. The molecular formula is C22H18FIN6O. The van der Waals surface area contributed by atoms with Crippen LogP contribution in [0.2, 0.25) is 0 Å². The van der Waals surface area contributed by atoms with Gasteiger partial charge in [0.1, 0.15) is 29.2 Å². The number of carbonyl (C=O) groups excluding carboxylic acids is 1. The average molecular weight is 528 g/mol. The van der Waals surface area contributed by atoms with Crippen LogP contribution in [0.1, 0.15) is 18.4 Å². The van der Waals surface area contributed by atoms with Crippen molar-refractivity contribution in [1.29, 1.82) is 5.26 Å². The summed E-state index contributed by atoms with van der Waals surface area (Å²) in [6.45, 7) is 0. The molecule has 0 unspecified atom stereocenters. The zero-order chi connectivity index (χ0) is 21.8. The molecule has 7 nitrogen and oxygen atoms in total. The fourth-order valence-electron chi connectivity index (χ4n) is 2.98. The molecule has 0 spiro atoms. The van der Waals surface area contributed by atoms with E-state index in [1.807, 2.05) is 6.07 Å². The van der Waals surface area contributed by atoms with Gasteiger partial charge in [0, 0.05) is 27.6 Å². The van der Waals surface area contributed by atoms with Gasteiger partial charge in [0.2, 0.25) is 5.91 Å². The van der Waals surface area contributed by atoms with Crippen molar-refractivity contribution in [2.75, 3.05) is 16.0 Å². The van der Waals surface area contributed by atoms with Gasteiger partial charge in [0.15, 0.2) is 0 Å². The van der Waals surface area contributed by atoms with Crippen molar-refractivity contribution >= 4 is 57.2 Å². The molecule has 9 heteroatoms. The van der Waals surface area contributed by atoms with Crippen LogP contribution in [0.3, 0.4) is 0 Å². The second-order valence-electron chi connectivity index (χ2n) is 7.21. The number of rotatable bonds is 7. The maximum Gasteiger partial charge on any atom is 0.244 e. The lowest BCUT2D eigenvalue weighted by Gasteiger charge is -2.12. The minimum Gasteiger partial charge on any atom is -0.340 e. The minimum atomic E-state index is -0.881. The highest BCUT2D eigenvalue weighted by molar-refractivity contribution is 14.1. The summed E-state index contributed by atoms with van der Waals surface area (Å²) in [4.78, 5) is 20.7. The molecule has 1 fully saturated rings. The molecule has 3 N–H and O–H groups in total. The number of nitrogens with one attached hydrogen (secondary N) is 3. The molecule has 0 bridgehead atoms. The fraction of sp³-hybridized carbons (Fsp3) is 0.182. The molecule has 31 heavy (non-hydrogen) atoms. The fourth-order valence-corrected chi connectivity index (χ4v) is 3.57. The summed E-state index contributed by atoms with van der Waals surface area (Å²) in [6.07, 6.45) is 2.61. The summed E-state index contributed by atoms with van der Waals surface area (Å²) in [5, 5.41) is 18.3. The highest BCUT2D eigenvalue weighted by Crippen LogP contribution is 2.45. The van der Waals surface area contributed by atoms with E-state index >= 15 is 0 Å². The first-order valence-electron chi connectivity index (χ1n) is 9.54. The van der Waals surface area contributed by atoms with Crippen molar-refractivity contribution in [3.05, 3.63) is 66.2 Å². The van der Waals surface area contributed by atoms with Crippen LogP contribution in [-0.2, 0) is 9.22 Å². The van der Waals surface area contributed by atoms with Crippen molar-refractivity contribution in [2.24, 2.45) is 5.41 Å². The minimum absolute atomic E-state index is 0.237. The molecule has 4 rings (SSSR count). The zero-order valence-electron chi connectivity index (χ0n) is 16.3. The smallest absolute Gasteiger partial charge is 0.244 e. The Morgan fingerprint density at radius 3 is 2.39 bits per heavy atom. The summed E-state index contributed by atoms with van der Waals surface area (Å²) in [7, 11) is 0. The topological polar surface area (TPSA) is 103 Å². The van der Waals surface area contributed by atoms with Crippen LogP contribution >= 0.6 is 22.6 Å². The Hall–Kier alpha value is -3.26. The zero-order valence-corrected chi connectivity index (χ0v) is 18.5. The summed E-state index contributed by atoms with van der Waals surface area (Å²) in [5.41, 5.74) is 1.78. The monoisotopic (exact) mass is 528 g/mol. The predicted octanol–water partition coefficient (Wildman–Crippen LogP) is 5.28. The number of alkyl halides is 1. The Balaban J connectivity index is 1.45. The average Bonchev–Trinajstić information content (AvgIpc) is 3.57. The van der Waals surface area contributed by atoms with Gasteiger partial charge in [-0.15, -0.1) is 0 Å². The Morgan fingerprint density at radius 2 is 1.74 bits per heavy atom. The van der Waals surface area contributed by atoms with E-state index in [4.69, 9.17) is 5.26 Å². The maximum atomic E-state index is 13.7. The first-order chi connectivity index (χ1) is 15.0. The van der Waals surface area contributed by atoms with Crippen LogP contribution in [0.15, 0.2) is 54.9 Å². The number of nitriles is 1. The van der Waals surface area contributed by atoms with E-state index in [1.54, 1.807) is 36.4 Å². The standard InChI is InChI=1S/C22H18FIN6O/c23-18-5-4-17(8-14(18)11-24)29-20-10-19(26-13-27-20)28-15-2-1-3-16(9-15)30-21(31)22(12-25)6-7-22/h1-5,8-10,13H,6-7,11H2,(H,30,31)(H2,26,27,28,29). The number of aromatic nitrogens is 2. The molecule has 156 valence electrons. The lowest BCUT2D eigenvalue weighted by Crippen LogP contribution is -2.22. The number of hydrogen-bond donors (Lipinski definition) is 3. The molecule has 0 aliphatic heterocycles. The number of carbonyl (C=O) groups is 1. The third-order valence-electron chi connectivity index (χ3n) is 4.92. The highest BCUT2D eigenvalue weighted by Gasteiger charge is 2.50. The summed E-state index contributed by atoms with van der Waals surface area (Å²) < 4.78 is 14.3. The number of benzene rings is 2. The second kappa shape index (κ2) is 8.85. The number of hydrogen-bond acceptors (Lipinski definition) is 6. The van der Waals surface area contributed by atoms with Crippen molar-refractivity contribution < 1.29 is 9.18 Å². The molecule has 0 saturated heterocycles. The van der Waals surface area contributed by atoms with E-state index in [-0.39, 0.29) is 11.7 Å². The summed E-state index contributed by atoms with van der Waals surface area (Å²) >= 11 is 2.12. The van der Waals surface area contributed by atoms with Gasteiger partial charge in [-0.05, 0) is 54.8 Å². The van der Waals surface area contributed by atoms with E-state index in [0.717, 1.165) is 11.4 Å². The van der Waals surface area contributed by atoms with E-state index in [2.05, 4.69) is 54.6 Å². The van der Waals surface area contributed by atoms with E-state index < -0.39 is 5.41 Å². The largest absolute Gasteiger partial charge is 0.340 e. The summed E-state index contributed by atoms with van der Waals surface area (Å²) in [5.74, 6) is 0.593. The second-order valence-corrected chi connectivity index (χ2v) is 7.97. The molecule has 1 aliphatic rings. The quantitative estimate of drug-likeness (QED) is 0.285. The number of nitrogens with zero attached hydrogens (tertiary/aromatic N) is 3. The van der Waals surface area contributed by atoms with Gasteiger partial charge >= 0.3 is 0 Å². The van der Waals surface area contributed by atoms with Gasteiger partial charge in [-0.3, -0.25) is 4.79 Å². The lowest BCUT2D eigenvalue weighted by molar-refractivity contribution is -0.119. The lowest BCUT2D eigenvalue weighted by atomic mass is 10.1. The molecule has 1 heterocycles. The van der Waals surface area contributed by atoms with Crippen LogP contribution in [0.5, 0.6) is 0 Å². The van der Waals surface area contributed by atoms with Gasteiger partial charge in [-0.1, -0.05) is 28.7 Å². The van der Waals surface area contributed by atoms with Crippen molar-refractivity contribution in [2.45, 2.75) is 17.3 Å². The Morgan fingerprint density at radius 1 is 1.06 bits per heavy atom. The first kappa shape index (κ1) is 21.0. The van der Waals surface area contributed by atoms with Gasteiger partial charge in [0.05, 0.1) is 6.07 Å². The molecule has 2 aromatic carbocycles. The predicted molar refractivity (Wildman–Crippen MR) is 125 cm³/mol. The van der Waals surface area contributed by atoms with Crippen molar-refractivity contribution in [3.8, 4) is 6.07 Å². The van der Waals surface area contributed by atoms with Crippen LogP contribution in [-0.4, -0.2) is 15.9 Å². The third-order valence-corrected chi connectivity index (χ3v) is 5.74. The van der Waals surface area contributed by atoms with E-state index in [1.165, 1.54) is 12.4 Å². The molecule has 0 atom stereocenters. The molecule has 1 aromatic heterocycles. The summed E-state index contributed by atoms with van der Waals surface area (Å²) in [6, 6.07) is 15.8. The highest BCUT2D eigenvalue weighted by atomic mass is 127. The Bertz CT molecular complexity index is 1170. The van der Waals surface area contributed by atoms with Gasteiger partial charge in [-0.25, -0.2) is 14.4 Å². The van der Waals surface area contributed by atoms with Gasteiger partial charge in [0.25, 0.3) is 0 Å². The van der Waals surface area contributed by atoms with E-state index in [9.17, 15) is 9.18 Å². The Labute approximate surface area is 192 Å². The van der Waals surface area contributed by atoms with Crippen LogP contribution in [0.4, 0.5) is 33.1 Å². The molecule has 1 amide bonds. The van der Waals surface area contributed by atoms with Crippen LogP contribution < -0.4 is 16.0 Å². The van der Waals surface area contributed by atoms with Crippen LogP contribution in [0, 0.1) is 22.6 Å². The van der Waals surface area contributed by atoms with Gasteiger partial charge in [-0.2, -0.15) is 5.26 Å². The van der Waals surface area contributed by atoms with Crippen molar-refractivity contribution in [1.82, 2.24) is 9.97 Å². The molecule has 3 aromatic rings. The molecule has 1 saturated carbocycles. The Kier molecular flexibility index (Phi) is 5.99. The SMILES string of the molecule is N#CC1(C(=O)Nc2cccc(Nc3cc(Nc4ccc(F)c(CI)c4)ncn3)c2)CC1. The van der Waals surface area contributed by atoms with Gasteiger partial charge < -0.3 is 16.0 Å². The number of anilines is 5. The number of amides is 1. The number of halogens is 2. The molecule has 1 aliphatic carbocycles.